The number of fused-ring (bicyclic) bond motifs is 1. The second-order valence-electron chi connectivity index (χ2n) is 7.51. The van der Waals surface area contributed by atoms with Crippen LogP contribution in [0.2, 0.25) is 5.02 Å². The molecule has 0 aliphatic carbocycles. The lowest BCUT2D eigenvalue weighted by molar-refractivity contribution is 0.0939. The summed E-state index contributed by atoms with van der Waals surface area (Å²) in [6.45, 7) is 6.41. The molecule has 0 aliphatic heterocycles. The molecule has 0 unspecified atom stereocenters. The monoisotopic (exact) mass is 474 g/mol. The van der Waals surface area contributed by atoms with Crippen molar-refractivity contribution in [3.63, 3.8) is 0 Å². The van der Waals surface area contributed by atoms with Gasteiger partial charge in [-0.05, 0) is 36.2 Å². The molecule has 0 atom stereocenters. The molecule has 0 aliphatic rings. The third-order valence-corrected chi connectivity index (χ3v) is 5.90. The van der Waals surface area contributed by atoms with Crippen LogP contribution in [0.1, 0.15) is 59.2 Å². The van der Waals surface area contributed by atoms with Crippen LogP contribution in [0.5, 0.6) is 0 Å². The highest BCUT2D eigenvalue weighted by atomic mass is 79.9. The minimum absolute atomic E-state index is 0.103. The normalized spacial score (nSPS) is 11.4. The molecule has 2 aromatic carbocycles. The molecule has 0 spiro atoms. The van der Waals surface area contributed by atoms with Gasteiger partial charge in [0, 0.05) is 44.2 Å². The molecule has 3 rings (SSSR count). The van der Waals surface area contributed by atoms with Crippen molar-refractivity contribution in [3.05, 3.63) is 68.3 Å². The molecule has 29 heavy (non-hydrogen) atoms. The zero-order valence-corrected chi connectivity index (χ0v) is 19.1. The number of Topliss-reactive ketones (excluding diaryl/α,β-unsaturated/α-hetero) is 1. The topological polar surface area (TPSA) is 65.1 Å². The van der Waals surface area contributed by atoms with Gasteiger partial charge in [0.05, 0.1) is 5.52 Å². The van der Waals surface area contributed by atoms with Gasteiger partial charge in [0.1, 0.15) is 0 Å². The number of carbonyl (C=O) groups excluding carboxylic acids is 2. The van der Waals surface area contributed by atoms with Gasteiger partial charge in [-0.3, -0.25) is 9.59 Å². The Labute approximate surface area is 184 Å². The van der Waals surface area contributed by atoms with Crippen LogP contribution >= 0.6 is 27.5 Å². The molecule has 1 amide bonds. The maximum atomic E-state index is 13.1. The highest BCUT2D eigenvalue weighted by Gasteiger charge is 2.24. The molecule has 0 saturated carbocycles. The van der Waals surface area contributed by atoms with Gasteiger partial charge in [-0.15, -0.1) is 0 Å². The molecule has 1 aromatic heterocycles. The van der Waals surface area contributed by atoms with E-state index >= 15 is 0 Å². The summed E-state index contributed by atoms with van der Waals surface area (Å²) in [5, 5.41) is 1.50. The van der Waals surface area contributed by atoms with Crippen LogP contribution < -0.4 is 5.73 Å². The van der Waals surface area contributed by atoms with Crippen molar-refractivity contribution in [2.75, 3.05) is 0 Å². The zero-order valence-electron chi connectivity index (χ0n) is 16.8. The molecule has 4 nitrogen and oxygen atoms in total. The second kappa shape index (κ2) is 8.72. The van der Waals surface area contributed by atoms with Crippen molar-refractivity contribution in [2.24, 2.45) is 11.7 Å². The summed E-state index contributed by atoms with van der Waals surface area (Å²) in [6, 6.07) is 11.1. The fourth-order valence-electron chi connectivity index (χ4n) is 3.62. The minimum Gasteiger partial charge on any atom is -0.366 e. The Morgan fingerprint density at radius 2 is 1.90 bits per heavy atom. The van der Waals surface area contributed by atoms with Crippen LogP contribution in [0, 0.1) is 5.92 Å². The lowest BCUT2D eigenvalue weighted by Crippen LogP contribution is -2.12. The Kier molecular flexibility index (Phi) is 6.49. The van der Waals surface area contributed by atoms with E-state index in [9.17, 15) is 9.59 Å². The zero-order chi connectivity index (χ0) is 21.3. The number of nitrogens with two attached hydrogens (primary N) is 1. The van der Waals surface area contributed by atoms with Crippen LogP contribution in [0.4, 0.5) is 0 Å². The molecule has 2 N–H and O–H groups in total. The van der Waals surface area contributed by atoms with E-state index < -0.39 is 5.91 Å². The quantitative estimate of drug-likeness (QED) is 0.426. The van der Waals surface area contributed by atoms with Crippen molar-refractivity contribution in [3.8, 4) is 0 Å². The summed E-state index contributed by atoms with van der Waals surface area (Å²) < 4.78 is 3.01. The van der Waals surface area contributed by atoms with Gasteiger partial charge in [0.25, 0.3) is 0 Å². The van der Waals surface area contributed by atoms with E-state index in [0.717, 1.165) is 45.0 Å². The fourth-order valence-corrected chi connectivity index (χ4v) is 4.35. The van der Waals surface area contributed by atoms with Gasteiger partial charge in [0.15, 0.2) is 5.78 Å². The summed E-state index contributed by atoms with van der Waals surface area (Å²) >= 11 is 9.92. The summed E-state index contributed by atoms with van der Waals surface area (Å²) in [5.74, 6) is -0.516. The Hall–Kier alpha value is -2.11. The van der Waals surface area contributed by atoms with Gasteiger partial charge in [-0.1, -0.05) is 66.9 Å². The summed E-state index contributed by atoms with van der Waals surface area (Å²) in [6.07, 6.45) is 1.65. The second-order valence-corrected chi connectivity index (χ2v) is 8.83. The van der Waals surface area contributed by atoms with Crippen molar-refractivity contribution < 1.29 is 9.59 Å². The van der Waals surface area contributed by atoms with Gasteiger partial charge in [0.2, 0.25) is 5.91 Å². The highest BCUT2D eigenvalue weighted by Crippen LogP contribution is 2.32. The molecule has 152 valence electrons. The number of aromatic nitrogens is 1. The number of amides is 1. The van der Waals surface area contributed by atoms with Gasteiger partial charge < -0.3 is 10.3 Å². The number of carbonyl (C=O) groups is 2. The van der Waals surface area contributed by atoms with Gasteiger partial charge in [-0.25, -0.2) is 0 Å². The third kappa shape index (κ3) is 4.26. The number of primary amides is 1. The molecule has 0 radical (unpaired) electrons. The maximum absolute atomic E-state index is 13.1. The maximum Gasteiger partial charge on any atom is 0.248 e. The first-order chi connectivity index (χ1) is 13.7. The lowest BCUT2D eigenvalue weighted by Gasteiger charge is -2.14. The number of hydrogen-bond acceptors (Lipinski definition) is 2. The SMILES string of the molecule is CCCc1c(C(=O)C(C)C)c2ccc(C(N)=O)cc2n1Cc1ccc(Br)cc1Cl. The largest absolute Gasteiger partial charge is 0.366 e. The fraction of sp³-hybridized carbons (Fsp3) is 0.304. The third-order valence-electron chi connectivity index (χ3n) is 5.06. The Bertz CT molecular complexity index is 1100. The van der Waals surface area contributed by atoms with Gasteiger partial charge in [-0.2, -0.15) is 0 Å². The molecule has 6 heteroatoms. The van der Waals surface area contributed by atoms with E-state index in [0.29, 0.717) is 17.1 Å². The van der Waals surface area contributed by atoms with Crippen LogP contribution in [-0.4, -0.2) is 16.3 Å². The number of nitrogens with zero attached hydrogens (tertiary/aromatic N) is 1. The van der Waals surface area contributed by atoms with E-state index in [2.05, 4.69) is 27.4 Å². The van der Waals surface area contributed by atoms with E-state index in [1.165, 1.54) is 0 Å². The van der Waals surface area contributed by atoms with E-state index in [1.54, 1.807) is 12.1 Å². The molecule has 0 bridgehead atoms. The lowest BCUT2D eigenvalue weighted by atomic mass is 9.96. The summed E-state index contributed by atoms with van der Waals surface area (Å²) in [5.41, 5.74) is 9.42. The van der Waals surface area contributed by atoms with Crippen LogP contribution in [0.15, 0.2) is 40.9 Å². The van der Waals surface area contributed by atoms with Crippen molar-refractivity contribution in [1.29, 1.82) is 0 Å². The summed E-state index contributed by atoms with van der Waals surface area (Å²) in [7, 11) is 0. The number of benzene rings is 2. The number of halogens is 2. The molecular formula is C23H24BrClN2O2. The van der Waals surface area contributed by atoms with E-state index in [-0.39, 0.29) is 11.7 Å². The molecule has 0 fully saturated rings. The standard InChI is InChI=1S/C23H24BrClN2O2/c1-4-5-19-21(22(28)13(2)3)17-9-7-14(23(26)29)10-20(17)27(19)12-15-6-8-16(24)11-18(15)25/h6-11,13H,4-5,12H2,1-3H3,(H2,26,29). The minimum atomic E-state index is -0.491. The predicted molar refractivity (Wildman–Crippen MR) is 122 cm³/mol. The number of rotatable bonds is 7. The van der Waals surface area contributed by atoms with Crippen molar-refractivity contribution in [1.82, 2.24) is 4.57 Å². The van der Waals surface area contributed by atoms with E-state index in [4.69, 9.17) is 17.3 Å². The first-order valence-electron chi connectivity index (χ1n) is 9.67. The first kappa shape index (κ1) is 21.6. The van der Waals surface area contributed by atoms with E-state index in [1.807, 2.05) is 38.1 Å². The molecule has 3 aromatic rings. The Balaban J connectivity index is 2.32. The Morgan fingerprint density at radius 3 is 2.48 bits per heavy atom. The van der Waals surface area contributed by atoms with Crippen molar-refractivity contribution in [2.45, 2.75) is 40.2 Å². The average Bonchev–Trinajstić information content (AvgIpc) is 2.96. The molecular weight excluding hydrogens is 452 g/mol. The first-order valence-corrected chi connectivity index (χ1v) is 10.8. The predicted octanol–water partition coefficient (Wildman–Crippen LogP) is 6.00. The van der Waals surface area contributed by atoms with Crippen molar-refractivity contribution >= 4 is 50.1 Å². The van der Waals surface area contributed by atoms with Crippen LogP contribution in [0.3, 0.4) is 0 Å². The number of ketones is 1. The summed E-state index contributed by atoms with van der Waals surface area (Å²) in [4.78, 5) is 24.9. The Morgan fingerprint density at radius 1 is 1.17 bits per heavy atom. The average molecular weight is 476 g/mol. The van der Waals surface area contributed by atoms with Crippen LogP contribution in [0.25, 0.3) is 10.9 Å². The molecule has 1 heterocycles. The van der Waals surface area contributed by atoms with Gasteiger partial charge >= 0.3 is 0 Å². The smallest absolute Gasteiger partial charge is 0.248 e. The number of hydrogen-bond donors (Lipinski definition) is 1. The molecule has 0 saturated heterocycles. The highest BCUT2D eigenvalue weighted by molar-refractivity contribution is 9.10. The van der Waals surface area contributed by atoms with Crippen LogP contribution in [-0.2, 0) is 13.0 Å².